The first kappa shape index (κ1) is 35.7. The average Bonchev–Trinajstić information content (AvgIpc) is 3.94. The minimum absolute atomic E-state index is 0.101. The van der Waals surface area contributed by atoms with Crippen LogP contribution in [0.1, 0.15) is 77.2 Å². The van der Waals surface area contributed by atoms with Crippen molar-refractivity contribution in [2.24, 2.45) is 10.9 Å². The maximum Gasteiger partial charge on any atom is 0.246 e. The van der Waals surface area contributed by atoms with Gasteiger partial charge < -0.3 is 30.5 Å². The first-order valence-corrected chi connectivity index (χ1v) is 17.8. The highest BCUT2D eigenvalue weighted by molar-refractivity contribution is 5.99. The summed E-state index contributed by atoms with van der Waals surface area (Å²) in [7, 11) is 0. The molecule has 51 heavy (non-hydrogen) atoms. The quantitative estimate of drug-likeness (QED) is 0.235. The second kappa shape index (κ2) is 15.4. The number of H-pyrrole nitrogens is 1. The molecule has 4 N–H and O–H groups in total. The first-order valence-electron chi connectivity index (χ1n) is 17.8. The van der Waals surface area contributed by atoms with Gasteiger partial charge in [0.2, 0.25) is 23.6 Å². The number of hydrogen-bond acceptors (Lipinski definition) is 7. The third-order valence-corrected chi connectivity index (χ3v) is 9.97. The number of fused-ring (bicyclic) bond motifs is 1. The number of aliphatic imine (C=N–C) groups is 1. The van der Waals surface area contributed by atoms with Crippen LogP contribution in [-0.2, 0) is 19.2 Å². The summed E-state index contributed by atoms with van der Waals surface area (Å²) in [6.07, 6.45) is 10.1. The number of aliphatic hydroxyl groups is 1. The predicted molar refractivity (Wildman–Crippen MR) is 196 cm³/mol. The number of nitrogens with zero attached hydrogens (tertiary/aromatic N) is 4. The zero-order valence-corrected chi connectivity index (χ0v) is 29.7. The molecule has 0 spiro atoms. The number of carbonyl (C=O) groups is 4. The Bertz CT molecular complexity index is 1890. The fraction of sp³-hybridized carbons (Fsp3) is 0.436. The molecule has 0 aliphatic carbocycles. The van der Waals surface area contributed by atoms with Crippen molar-refractivity contribution in [1.82, 2.24) is 30.4 Å². The number of nitrogens with one attached hydrogen (secondary N) is 3. The summed E-state index contributed by atoms with van der Waals surface area (Å²) in [6, 6.07) is 12.9. The van der Waals surface area contributed by atoms with Gasteiger partial charge in [0.25, 0.3) is 0 Å². The summed E-state index contributed by atoms with van der Waals surface area (Å²) in [5.74, 6) is -0.358. The molecule has 0 radical (unpaired) electrons. The number of imidazole rings is 1. The van der Waals surface area contributed by atoms with Gasteiger partial charge in [0.1, 0.15) is 24.5 Å². The summed E-state index contributed by atoms with van der Waals surface area (Å²) >= 11 is 0. The minimum Gasteiger partial charge on any atom is -0.387 e. The van der Waals surface area contributed by atoms with Crippen molar-refractivity contribution in [3.05, 3.63) is 71.7 Å². The van der Waals surface area contributed by atoms with Crippen LogP contribution in [0.3, 0.4) is 0 Å². The first-order chi connectivity index (χ1) is 24.5. The van der Waals surface area contributed by atoms with Crippen LogP contribution in [-0.4, -0.2) is 92.0 Å². The second-order valence-electron chi connectivity index (χ2n) is 14.1. The summed E-state index contributed by atoms with van der Waals surface area (Å²) in [6.45, 7) is 7.51. The lowest BCUT2D eigenvalue weighted by molar-refractivity contribution is -0.138. The van der Waals surface area contributed by atoms with E-state index in [0.717, 1.165) is 70.5 Å². The van der Waals surface area contributed by atoms with Crippen molar-refractivity contribution in [3.8, 4) is 11.1 Å². The Kier molecular flexibility index (Phi) is 10.8. The highest BCUT2D eigenvalue weighted by atomic mass is 16.3. The van der Waals surface area contributed by atoms with E-state index in [9.17, 15) is 24.3 Å². The number of benzene rings is 2. The van der Waals surface area contributed by atoms with Crippen molar-refractivity contribution in [3.63, 3.8) is 0 Å². The number of aromatic amines is 1. The standard InChI is InChI=1S/C39H47N7O5/c1-23(2)36(44-35(49)22-47)39(51)45-17-5-7-33(45)32-19-27(21-40-32)10-9-26-11-13-28(14-12-26)29-15-16-30-31(20-29)43-37(42-30)34-8-6-18-46(34)38(50)24(3)41-25(4)48/h9-16,20-21,23-24,33-34,36,47H,5-8,17-19,22H2,1-4H3,(H,41,48)(H,42,43)(H,44,49)/b10-9+. The monoisotopic (exact) mass is 693 g/mol. The van der Waals surface area contributed by atoms with E-state index < -0.39 is 24.6 Å². The normalized spacial score (nSPS) is 20.2. The van der Waals surface area contributed by atoms with Crippen LogP contribution < -0.4 is 10.6 Å². The maximum atomic E-state index is 13.4. The number of amides is 4. The minimum atomic E-state index is -0.687. The Morgan fingerprint density at radius 2 is 1.61 bits per heavy atom. The molecule has 4 heterocycles. The summed E-state index contributed by atoms with van der Waals surface area (Å²) in [5.41, 5.74) is 6.93. The molecule has 4 amide bonds. The van der Waals surface area contributed by atoms with Crippen LogP contribution in [0.25, 0.3) is 28.2 Å². The van der Waals surface area contributed by atoms with E-state index >= 15 is 0 Å². The molecule has 268 valence electrons. The van der Waals surface area contributed by atoms with E-state index in [0.29, 0.717) is 19.5 Å². The summed E-state index contributed by atoms with van der Waals surface area (Å²) < 4.78 is 0. The SMILES string of the molecule is CC(=O)NC(C)C(=O)N1CCCC1c1nc2ccc(-c3ccc(/C=C/C4=CN=C(C5CCCN5C(=O)C(NC(=O)CO)C(C)C)C4)cc3)cc2[nH]1. The molecular formula is C39H47N7O5. The van der Waals surface area contributed by atoms with Crippen molar-refractivity contribution in [1.29, 1.82) is 0 Å². The van der Waals surface area contributed by atoms with Crippen LogP contribution in [0.4, 0.5) is 0 Å². The van der Waals surface area contributed by atoms with E-state index in [4.69, 9.17) is 9.98 Å². The van der Waals surface area contributed by atoms with Crippen molar-refractivity contribution in [2.45, 2.75) is 84.0 Å². The molecule has 3 aromatic rings. The van der Waals surface area contributed by atoms with E-state index in [2.05, 4.69) is 64.2 Å². The molecule has 2 fully saturated rings. The van der Waals surface area contributed by atoms with Gasteiger partial charge in [0.15, 0.2) is 0 Å². The van der Waals surface area contributed by atoms with Gasteiger partial charge in [-0.15, -0.1) is 0 Å². The van der Waals surface area contributed by atoms with Crippen LogP contribution in [0.2, 0.25) is 0 Å². The Hall–Kier alpha value is -5.10. The Labute approximate surface area is 298 Å². The van der Waals surface area contributed by atoms with Gasteiger partial charge in [0, 0.05) is 38.3 Å². The highest BCUT2D eigenvalue weighted by Gasteiger charge is 2.38. The fourth-order valence-corrected chi connectivity index (χ4v) is 7.35. The van der Waals surface area contributed by atoms with Gasteiger partial charge >= 0.3 is 0 Å². The van der Waals surface area contributed by atoms with E-state index in [1.165, 1.54) is 6.92 Å². The van der Waals surface area contributed by atoms with E-state index in [1.807, 2.05) is 35.9 Å². The van der Waals surface area contributed by atoms with Crippen LogP contribution in [0.5, 0.6) is 0 Å². The number of likely N-dealkylation sites (tertiary alicyclic amines) is 2. The molecule has 12 heteroatoms. The zero-order valence-electron chi connectivity index (χ0n) is 29.7. The number of aliphatic hydroxyl groups excluding tert-OH is 1. The Morgan fingerprint density at radius 3 is 2.29 bits per heavy atom. The number of hydrogen-bond donors (Lipinski definition) is 4. The number of aromatic nitrogens is 2. The molecule has 4 atom stereocenters. The van der Waals surface area contributed by atoms with Crippen molar-refractivity contribution >= 4 is 46.4 Å². The van der Waals surface area contributed by atoms with Crippen molar-refractivity contribution < 1.29 is 24.3 Å². The Morgan fingerprint density at radius 1 is 0.922 bits per heavy atom. The smallest absolute Gasteiger partial charge is 0.246 e. The second-order valence-corrected chi connectivity index (χ2v) is 14.1. The molecule has 2 saturated heterocycles. The molecule has 0 bridgehead atoms. The van der Waals surface area contributed by atoms with Crippen molar-refractivity contribution in [2.75, 3.05) is 19.7 Å². The molecule has 4 unspecified atom stereocenters. The summed E-state index contributed by atoms with van der Waals surface area (Å²) in [4.78, 5) is 66.5. The number of rotatable bonds is 11. The lowest BCUT2D eigenvalue weighted by atomic mass is 9.99. The van der Waals surface area contributed by atoms with Gasteiger partial charge in [-0.05, 0) is 72.9 Å². The topological polar surface area (TPSA) is 160 Å². The summed E-state index contributed by atoms with van der Waals surface area (Å²) in [5, 5.41) is 14.6. The van der Waals surface area contributed by atoms with Gasteiger partial charge in [-0.1, -0.05) is 56.3 Å². The zero-order chi connectivity index (χ0) is 36.2. The lowest BCUT2D eigenvalue weighted by Gasteiger charge is -2.31. The maximum absolute atomic E-state index is 13.4. The third-order valence-electron chi connectivity index (χ3n) is 9.97. The fourth-order valence-electron chi connectivity index (χ4n) is 7.35. The molecule has 0 saturated carbocycles. The van der Waals surface area contributed by atoms with Gasteiger partial charge in [-0.2, -0.15) is 0 Å². The van der Waals surface area contributed by atoms with Gasteiger partial charge in [0.05, 0.1) is 23.1 Å². The van der Waals surface area contributed by atoms with Crippen LogP contribution in [0, 0.1) is 5.92 Å². The lowest BCUT2D eigenvalue weighted by Crippen LogP contribution is -2.54. The molecule has 1 aromatic heterocycles. The molecule has 6 rings (SSSR count). The van der Waals surface area contributed by atoms with E-state index in [-0.39, 0.29) is 35.7 Å². The Balaban J connectivity index is 1.07. The third kappa shape index (κ3) is 7.96. The molecule has 3 aliphatic rings. The average molecular weight is 694 g/mol. The number of carbonyl (C=O) groups excluding carboxylic acids is 4. The molecule has 12 nitrogen and oxygen atoms in total. The van der Waals surface area contributed by atoms with Crippen LogP contribution >= 0.6 is 0 Å². The predicted octanol–water partition coefficient (Wildman–Crippen LogP) is 4.28. The van der Waals surface area contributed by atoms with Crippen LogP contribution in [0.15, 0.2) is 65.3 Å². The molecular weight excluding hydrogens is 646 g/mol. The largest absolute Gasteiger partial charge is 0.387 e. The van der Waals surface area contributed by atoms with E-state index in [1.54, 1.807) is 6.92 Å². The van der Waals surface area contributed by atoms with Gasteiger partial charge in [-0.3, -0.25) is 24.2 Å². The van der Waals surface area contributed by atoms with Gasteiger partial charge in [-0.25, -0.2) is 4.98 Å². The number of allylic oxidation sites excluding steroid dienone is 2. The molecule has 2 aromatic carbocycles. The highest BCUT2D eigenvalue weighted by Crippen LogP contribution is 2.33. The molecule has 3 aliphatic heterocycles.